The van der Waals surface area contributed by atoms with Crippen LogP contribution in [0.5, 0.6) is 5.75 Å². The third-order valence-corrected chi connectivity index (χ3v) is 3.51. The van der Waals surface area contributed by atoms with E-state index in [0.717, 1.165) is 11.4 Å². The number of ether oxygens (including phenoxy) is 1. The Bertz CT molecular complexity index is 586. The number of amides is 1. The fourth-order valence-corrected chi connectivity index (χ4v) is 2.45. The molecule has 1 aliphatic rings. The lowest BCUT2D eigenvalue weighted by molar-refractivity contribution is -0.136. The van der Waals surface area contributed by atoms with Crippen LogP contribution in [0.1, 0.15) is 13.3 Å². The zero-order valence-corrected chi connectivity index (χ0v) is 12.6. The molecule has 0 bridgehead atoms. The van der Waals surface area contributed by atoms with Crippen LogP contribution in [-0.2, 0) is 9.59 Å². The SMILES string of the molecule is C=CCN(CCC(=O)O)c1ccc2c(c1)N(CC)C(=O)CO2. The summed E-state index contributed by atoms with van der Waals surface area (Å²) in [6.45, 7) is 7.14. The van der Waals surface area contributed by atoms with Gasteiger partial charge in [-0.3, -0.25) is 9.59 Å². The maximum Gasteiger partial charge on any atom is 0.305 e. The molecule has 0 aromatic heterocycles. The number of hydrogen-bond donors (Lipinski definition) is 1. The summed E-state index contributed by atoms with van der Waals surface area (Å²) in [7, 11) is 0. The largest absolute Gasteiger partial charge is 0.482 e. The van der Waals surface area contributed by atoms with Gasteiger partial charge in [0.25, 0.3) is 5.91 Å². The van der Waals surface area contributed by atoms with Gasteiger partial charge >= 0.3 is 5.97 Å². The van der Waals surface area contributed by atoms with Crippen molar-refractivity contribution in [2.24, 2.45) is 0 Å². The Balaban J connectivity index is 2.30. The second-order valence-corrected chi connectivity index (χ2v) is 4.96. The molecule has 0 spiro atoms. The van der Waals surface area contributed by atoms with Crippen LogP contribution in [0.4, 0.5) is 11.4 Å². The number of likely N-dealkylation sites (N-methyl/N-ethyl adjacent to an activating group) is 1. The molecule has 0 saturated heterocycles. The number of hydrogen-bond acceptors (Lipinski definition) is 4. The number of nitrogens with zero attached hydrogens (tertiary/aromatic N) is 2. The molecule has 1 heterocycles. The van der Waals surface area contributed by atoms with Gasteiger partial charge in [-0.1, -0.05) is 6.08 Å². The minimum absolute atomic E-state index is 0.0395. The first-order valence-corrected chi connectivity index (χ1v) is 7.21. The lowest BCUT2D eigenvalue weighted by Crippen LogP contribution is -2.38. The molecular formula is C16H20N2O4. The van der Waals surface area contributed by atoms with Crippen molar-refractivity contribution in [2.75, 3.05) is 36.0 Å². The van der Waals surface area contributed by atoms with Crippen LogP contribution in [0, 0.1) is 0 Å². The molecule has 1 aromatic rings. The summed E-state index contributed by atoms with van der Waals surface area (Å²) in [4.78, 5) is 26.3. The molecular weight excluding hydrogens is 284 g/mol. The third kappa shape index (κ3) is 3.39. The Hall–Kier alpha value is -2.50. The predicted octanol–water partition coefficient (Wildman–Crippen LogP) is 1.90. The Labute approximate surface area is 129 Å². The first-order chi connectivity index (χ1) is 10.6. The van der Waals surface area contributed by atoms with Crippen molar-refractivity contribution in [3.63, 3.8) is 0 Å². The number of carboxylic acids is 1. The fraction of sp³-hybridized carbons (Fsp3) is 0.375. The van der Waals surface area contributed by atoms with Crippen molar-refractivity contribution < 1.29 is 19.4 Å². The zero-order chi connectivity index (χ0) is 16.1. The van der Waals surface area contributed by atoms with Crippen molar-refractivity contribution in [2.45, 2.75) is 13.3 Å². The van der Waals surface area contributed by atoms with Crippen LogP contribution < -0.4 is 14.5 Å². The van der Waals surface area contributed by atoms with Gasteiger partial charge in [-0.15, -0.1) is 6.58 Å². The second kappa shape index (κ2) is 6.98. The van der Waals surface area contributed by atoms with Gasteiger partial charge in [0.1, 0.15) is 5.75 Å². The molecule has 0 unspecified atom stereocenters. The summed E-state index contributed by atoms with van der Waals surface area (Å²) in [5, 5.41) is 8.86. The smallest absolute Gasteiger partial charge is 0.305 e. The van der Waals surface area contributed by atoms with Crippen molar-refractivity contribution in [3.8, 4) is 5.75 Å². The van der Waals surface area contributed by atoms with Crippen molar-refractivity contribution in [1.82, 2.24) is 0 Å². The van der Waals surface area contributed by atoms with E-state index in [9.17, 15) is 9.59 Å². The maximum atomic E-state index is 11.9. The summed E-state index contributed by atoms with van der Waals surface area (Å²) in [5.74, 6) is -0.254. The number of benzene rings is 1. The monoisotopic (exact) mass is 304 g/mol. The number of fused-ring (bicyclic) bond motifs is 1. The molecule has 1 aliphatic heterocycles. The van der Waals surface area contributed by atoms with Gasteiger partial charge < -0.3 is 19.6 Å². The third-order valence-electron chi connectivity index (χ3n) is 3.51. The van der Waals surface area contributed by atoms with Gasteiger partial charge in [-0.2, -0.15) is 0 Å². The van der Waals surface area contributed by atoms with Crippen LogP contribution in [0.2, 0.25) is 0 Å². The van der Waals surface area contributed by atoms with Gasteiger partial charge in [-0.05, 0) is 25.1 Å². The number of carboxylic acid groups (broad SMARTS) is 1. The Morgan fingerprint density at radius 1 is 1.55 bits per heavy atom. The molecule has 1 N–H and O–H groups in total. The summed E-state index contributed by atoms with van der Waals surface area (Å²) < 4.78 is 5.44. The summed E-state index contributed by atoms with van der Waals surface area (Å²) in [6.07, 6.45) is 1.76. The first kappa shape index (κ1) is 15.9. The van der Waals surface area contributed by atoms with E-state index in [1.807, 2.05) is 30.0 Å². The van der Waals surface area contributed by atoms with Crippen LogP contribution in [-0.4, -0.2) is 43.2 Å². The Morgan fingerprint density at radius 3 is 2.95 bits per heavy atom. The Morgan fingerprint density at radius 2 is 2.32 bits per heavy atom. The number of carbonyl (C=O) groups is 2. The van der Waals surface area contributed by atoms with E-state index in [4.69, 9.17) is 9.84 Å². The highest BCUT2D eigenvalue weighted by Crippen LogP contribution is 2.35. The highest BCUT2D eigenvalue weighted by atomic mass is 16.5. The molecule has 0 radical (unpaired) electrons. The normalized spacial score (nSPS) is 13.3. The van der Waals surface area contributed by atoms with Crippen LogP contribution >= 0.6 is 0 Å². The number of rotatable bonds is 7. The molecule has 1 aromatic carbocycles. The molecule has 22 heavy (non-hydrogen) atoms. The average Bonchev–Trinajstić information content (AvgIpc) is 2.50. The molecule has 0 atom stereocenters. The summed E-state index contributed by atoms with van der Waals surface area (Å²) in [5.41, 5.74) is 1.57. The molecule has 0 saturated carbocycles. The highest BCUT2D eigenvalue weighted by molar-refractivity contribution is 5.98. The molecule has 6 nitrogen and oxygen atoms in total. The van der Waals surface area contributed by atoms with Crippen LogP contribution in [0.25, 0.3) is 0 Å². The maximum absolute atomic E-state index is 11.9. The highest BCUT2D eigenvalue weighted by Gasteiger charge is 2.25. The van der Waals surface area contributed by atoms with Crippen LogP contribution in [0.3, 0.4) is 0 Å². The zero-order valence-electron chi connectivity index (χ0n) is 12.6. The van der Waals surface area contributed by atoms with Gasteiger partial charge in [0.2, 0.25) is 0 Å². The number of anilines is 2. The first-order valence-electron chi connectivity index (χ1n) is 7.21. The summed E-state index contributed by atoms with van der Waals surface area (Å²) >= 11 is 0. The summed E-state index contributed by atoms with van der Waals surface area (Å²) in [6, 6.07) is 5.55. The van der Waals surface area contributed by atoms with E-state index in [2.05, 4.69) is 6.58 Å². The van der Waals surface area contributed by atoms with Gasteiger partial charge in [0, 0.05) is 25.3 Å². The minimum atomic E-state index is -0.847. The molecule has 2 rings (SSSR count). The van der Waals surface area contributed by atoms with Crippen molar-refractivity contribution in [3.05, 3.63) is 30.9 Å². The quantitative estimate of drug-likeness (QED) is 0.779. The Kier molecular flexibility index (Phi) is 5.04. The number of carbonyl (C=O) groups excluding carboxylic acids is 1. The van der Waals surface area contributed by atoms with Gasteiger partial charge in [-0.25, -0.2) is 0 Å². The lowest BCUT2D eigenvalue weighted by Gasteiger charge is -2.30. The predicted molar refractivity (Wildman–Crippen MR) is 84.6 cm³/mol. The fourth-order valence-electron chi connectivity index (χ4n) is 2.45. The standard InChI is InChI=1S/C16H20N2O4/c1-3-8-17(9-7-16(20)21)12-5-6-14-13(10-12)18(4-2)15(19)11-22-14/h3,5-6,10H,1,4,7-9,11H2,2H3,(H,20,21). The number of aliphatic carboxylic acids is 1. The van der Waals surface area contributed by atoms with Gasteiger partial charge in [0.05, 0.1) is 12.1 Å². The van der Waals surface area contributed by atoms with Gasteiger partial charge in [0.15, 0.2) is 6.61 Å². The average molecular weight is 304 g/mol. The van der Waals surface area contributed by atoms with E-state index in [1.165, 1.54) is 0 Å². The van der Waals surface area contributed by atoms with Crippen molar-refractivity contribution in [1.29, 1.82) is 0 Å². The molecule has 0 aliphatic carbocycles. The molecule has 1 amide bonds. The topological polar surface area (TPSA) is 70.1 Å². The van der Waals surface area contributed by atoms with Crippen molar-refractivity contribution >= 4 is 23.3 Å². The second-order valence-electron chi connectivity index (χ2n) is 4.96. The van der Waals surface area contributed by atoms with E-state index >= 15 is 0 Å². The van der Waals surface area contributed by atoms with E-state index in [0.29, 0.717) is 25.4 Å². The van der Waals surface area contributed by atoms with E-state index < -0.39 is 5.97 Å². The van der Waals surface area contributed by atoms with E-state index in [-0.39, 0.29) is 18.9 Å². The minimum Gasteiger partial charge on any atom is -0.482 e. The van der Waals surface area contributed by atoms with Crippen LogP contribution in [0.15, 0.2) is 30.9 Å². The molecule has 6 heteroatoms. The van der Waals surface area contributed by atoms with E-state index in [1.54, 1.807) is 11.0 Å². The lowest BCUT2D eigenvalue weighted by atomic mass is 10.2. The molecule has 0 fully saturated rings. The molecule has 118 valence electrons.